The van der Waals surface area contributed by atoms with E-state index in [1.807, 2.05) is 18.2 Å². The highest BCUT2D eigenvalue weighted by molar-refractivity contribution is 7.12. The Bertz CT molecular complexity index is 664. The van der Waals surface area contributed by atoms with Crippen LogP contribution in [-0.2, 0) is 17.8 Å². The van der Waals surface area contributed by atoms with Gasteiger partial charge < -0.3 is 5.11 Å². The highest BCUT2D eigenvalue weighted by Gasteiger charge is 2.34. The largest absolute Gasteiger partial charge is 0.480 e. The molecular formula is C17H19NO2S. The van der Waals surface area contributed by atoms with Crippen molar-refractivity contribution in [3.8, 4) is 0 Å². The van der Waals surface area contributed by atoms with Gasteiger partial charge in [0.05, 0.1) is 0 Å². The summed E-state index contributed by atoms with van der Waals surface area (Å²) in [5.74, 6) is -0.732. The molecule has 2 atom stereocenters. The predicted octanol–water partition coefficient (Wildman–Crippen LogP) is 3.63. The Balaban J connectivity index is 1.94. The lowest BCUT2D eigenvalue weighted by Crippen LogP contribution is -2.46. The van der Waals surface area contributed by atoms with Crippen molar-refractivity contribution in [1.29, 1.82) is 0 Å². The molecular weight excluding hydrogens is 282 g/mol. The van der Waals surface area contributed by atoms with Crippen molar-refractivity contribution in [3.05, 3.63) is 57.3 Å². The quantitative estimate of drug-likeness (QED) is 0.941. The smallest absolute Gasteiger partial charge is 0.321 e. The van der Waals surface area contributed by atoms with Crippen molar-refractivity contribution in [3.63, 3.8) is 0 Å². The number of carboxylic acid groups (broad SMARTS) is 1. The number of carboxylic acids is 1. The summed E-state index contributed by atoms with van der Waals surface area (Å²) in [4.78, 5) is 16.3. The normalized spacial score (nSPS) is 20.0. The molecule has 3 rings (SSSR count). The summed E-state index contributed by atoms with van der Waals surface area (Å²) >= 11 is 1.75. The monoisotopic (exact) mass is 301 g/mol. The molecule has 0 fully saturated rings. The first kappa shape index (κ1) is 14.3. The maximum atomic E-state index is 11.7. The second kappa shape index (κ2) is 5.62. The highest BCUT2D eigenvalue weighted by atomic mass is 32.1. The van der Waals surface area contributed by atoms with Crippen molar-refractivity contribution >= 4 is 17.3 Å². The van der Waals surface area contributed by atoms with Gasteiger partial charge in [-0.15, -0.1) is 11.3 Å². The molecule has 21 heavy (non-hydrogen) atoms. The van der Waals surface area contributed by atoms with Crippen LogP contribution in [0.4, 0.5) is 0 Å². The molecule has 1 aromatic heterocycles. The fourth-order valence-corrected chi connectivity index (χ4v) is 3.97. The highest BCUT2D eigenvalue weighted by Crippen LogP contribution is 2.34. The van der Waals surface area contributed by atoms with E-state index in [1.54, 1.807) is 11.3 Å². The molecule has 110 valence electrons. The van der Waals surface area contributed by atoms with Crippen LogP contribution in [-0.4, -0.2) is 22.0 Å². The average Bonchev–Trinajstić information content (AvgIpc) is 2.91. The van der Waals surface area contributed by atoms with E-state index >= 15 is 0 Å². The van der Waals surface area contributed by atoms with Gasteiger partial charge in [-0.3, -0.25) is 9.69 Å². The standard InChI is InChI=1S/C17H19NO2S/c1-11-7-8-16(21-11)12(2)18-10-14-6-4-3-5-13(14)9-15(18)17(19)20/h3-8,12,15H,9-10H2,1-2H3,(H,19,20). The van der Waals surface area contributed by atoms with Crippen molar-refractivity contribution in [2.45, 2.75) is 38.9 Å². The second-order valence-electron chi connectivity index (χ2n) is 5.62. The van der Waals surface area contributed by atoms with Crippen LogP contribution in [0.25, 0.3) is 0 Å². The molecule has 3 nitrogen and oxygen atoms in total. The summed E-state index contributed by atoms with van der Waals surface area (Å²) in [5, 5.41) is 9.60. The minimum Gasteiger partial charge on any atom is -0.480 e. The summed E-state index contributed by atoms with van der Waals surface area (Å²) < 4.78 is 0. The van der Waals surface area contributed by atoms with Gasteiger partial charge in [0.25, 0.3) is 0 Å². The zero-order chi connectivity index (χ0) is 15.0. The van der Waals surface area contributed by atoms with Crippen molar-refractivity contribution < 1.29 is 9.90 Å². The second-order valence-corrected chi connectivity index (χ2v) is 6.94. The number of benzene rings is 1. The third kappa shape index (κ3) is 2.74. The summed E-state index contributed by atoms with van der Waals surface area (Å²) in [6, 6.07) is 12.1. The lowest BCUT2D eigenvalue weighted by atomic mass is 9.92. The average molecular weight is 301 g/mol. The van der Waals surface area contributed by atoms with Crippen LogP contribution in [0.3, 0.4) is 0 Å². The first-order valence-corrected chi connectivity index (χ1v) is 7.99. The molecule has 0 amide bonds. The Kier molecular flexibility index (Phi) is 3.83. The molecule has 2 unspecified atom stereocenters. The summed E-state index contributed by atoms with van der Waals surface area (Å²) in [7, 11) is 0. The Labute approximate surface area is 128 Å². The minimum absolute atomic E-state index is 0.123. The number of thiophene rings is 1. The van der Waals surface area contributed by atoms with E-state index in [9.17, 15) is 9.90 Å². The molecule has 0 aliphatic carbocycles. The van der Waals surface area contributed by atoms with Gasteiger partial charge in [0.2, 0.25) is 0 Å². The van der Waals surface area contributed by atoms with Crippen molar-refractivity contribution in [2.24, 2.45) is 0 Å². The third-order valence-corrected chi connectivity index (χ3v) is 5.41. The molecule has 0 radical (unpaired) electrons. The van der Waals surface area contributed by atoms with Crippen LogP contribution in [0.15, 0.2) is 36.4 Å². The Morgan fingerprint density at radius 2 is 2.00 bits per heavy atom. The molecule has 4 heteroatoms. The molecule has 1 aliphatic rings. The zero-order valence-electron chi connectivity index (χ0n) is 12.2. The van der Waals surface area contributed by atoms with Crippen LogP contribution in [0.5, 0.6) is 0 Å². The lowest BCUT2D eigenvalue weighted by molar-refractivity contribution is -0.145. The van der Waals surface area contributed by atoms with Crippen molar-refractivity contribution in [2.75, 3.05) is 0 Å². The van der Waals surface area contributed by atoms with Gasteiger partial charge in [-0.25, -0.2) is 0 Å². The first-order chi connectivity index (χ1) is 10.1. The molecule has 2 aromatic rings. The van der Waals surface area contributed by atoms with E-state index in [2.05, 4.69) is 36.9 Å². The molecule has 0 saturated heterocycles. The lowest BCUT2D eigenvalue weighted by Gasteiger charge is -2.38. The molecule has 1 N–H and O–H groups in total. The summed E-state index contributed by atoms with van der Waals surface area (Å²) in [5.41, 5.74) is 2.41. The number of hydrogen-bond acceptors (Lipinski definition) is 3. The van der Waals surface area contributed by atoms with Gasteiger partial charge >= 0.3 is 5.97 Å². The van der Waals surface area contributed by atoms with Gasteiger partial charge in [-0.2, -0.15) is 0 Å². The Morgan fingerprint density at radius 1 is 1.29 bits per heavy atom. The third-order valence-electron chi connectivity index (χ3n) is 4.24. The summed E-state index contributed by atoms with van der Waals surface area (Å²) in [6.07, 6.45) is 0.584. The number of aryl methyl sites for hydroxylation is 1. The number of fused-ring (bicyclic) bond motifs is 1. The van der Waals surface area contributed by atoms with E-state index in [4.69, 9.17) is 0 Å². The van der Waals surface area contributed by atoms with Crippen LogP contribution in [0.2, 0.25) is 0 Å². The van der Waals surface area contributed by atoms with Gasteiger partial charge in [0.15, 0.2) is 0 Å². The molecule has 0 saturated carbocycles. The zero-order valence-corrected chi connectivity index (χ0v) is 13.1. The topological polar surface area (TPSA) is 40.5 Å². The van der Waals surface area contributed by atoms with E-state index in [0.29, 0.717) is 13.0 Å². The number of aliphatic carboxylic acids is 1. The van der Waals surface area contributed by atoms with Crippen LogP contribution < -0.4 is 0 Å². The molecule has 1 aliphatic heterocycles. The van der Waals surface area contributed by atoms with Crippen LogP contribution in [0, 0.1) is 6.92 Å². The fraction of sp³-hybridized carbons (Fsp3) is 0.353. The number of rotatable bonds is 3. The molecule has 2 heterocycles. The maximum absolute atomic E-state index is 11.7. The van der Waals surface area contributed by atoms with Gasteiger partial charge in [-0.05, 0) is 43.5 Å². The Morgan fingerprint density at radius 3 is 2.62 bits per heavy atom. The van der Waals surface area contributed by atoms with Gasteiger partial charge in [0, 0.05) is 22.3 Å². The van der Waals surface area contributed by atoms with E-state index in [-0.39, 0.29) is 6.04 Å². The van der Waals surface area contributed by atoms with Crippen LogP contribution in [0.1, 0.15) is 33.8 Å². The van der Waals surface area contributed by atoms with Crippen LogP contribution >= 0.6 is 11.3 Å². The fourth-order valence-electron chi connectivity index (χ4n) is 3.02. The summed E-state index contributed by atoms with van der Waals surface area (Å²) in [6.45, 7) is 4.89. The predicted molar refractivity (Wildman–Crippen MR) is 84.6 cm³/mol. The van der Waals surface area contributed by atoms with E-state index in [0.717, 1.165) is 5.56 Å². The SMILES string of the molecule is Cc1ccc(C(C)N2Cc3ccccc3CC2C(=O)O)s1. The van der Waals surface area contributed by atoms with E-state index < -0.39 is 12.0 Å². The number of hydrogen-bond donors (Lipinski definition) is 1. The minimum atomic E-state index is -0.732. The molecule has 1 aromatic carbocycles. The number of carbonyl (C=O) groups is 1. The molecule has 0 spiro atoms. The van der Waals surface area contributed by atoms with E-state index in [1.165, 1.54) is 15.3 Å². The van der Waals surface area contributed by atoms with Gasteiger partial charge in [-0.1, -0.05) is 24.3 Å². The Hall–Kier alpha value is -1.65. The first-order valence-electron chi connectivity index (χ1n) is 7.18. The van der Waals surface area contributed by atoms with Crippen molar-refractivity contribution in [1.82, 2.24) is 4.90 Å². The maximum Gasteiger partial charge on any atom is 0.321 e. The molecule has 0 bridgehead atoms. The van der Waals surface area contributed by atoms with Gasteiger partial charge in [0.1, 0.15) is 6.04 Å². The number of nitrogens with zero attached hydrogens (tertiary/aromatic N) is 1.